The smallest absolute Gasteiger partial charge is 0.136 e. The maximum atomic E-state index is 5.45. The Bertz CT molecular complexity index is 386. The Kier molecular flexibility index (Phi) is 5.03. The van der Waals surface area contributed by atoms with Gasteiger partial charge in [-0.25, -0.2) is 0 Å². The summed E-state index contributed by atoms with van der Waals surface area (Å²) in [6, 6.07) is 4.18. The molecule has 0 heterocycles. The molecular formula is C13H18BrNO. The van der Waals surface area contributed by atoms with Crippen molar-refractivity contribution in [2.75, 3.05) is 13.7 Å². The van der Waals surface area contributed by atoms with E-state index in [9.17, 15) is 0 Å². The first kappa shape index (κ1) is 13.3. The van der Waals surface area contributed by atoms with Crippen LogP contribution in [-0.2, 0) is 0 Å². The molecule has 0 radical (unpaired) electrons. The van der Waals surface area contributed by atoms with Gasteiger partial charge in [0.1, 0.15) is 5.75 Å². The van der Waals surface area contributed by atoms with Crippen LogP contribution in [0.4, 0.5) is 0 Å². The second-order valence-electron chi connectivity index (χ2n) is 3.92. The van der Waals surface area contributed by atoms with Crippen molar-refractivity contribution in [1.29, 1.82) is 0 Å². The number of rotatable bonds is 4. The van der Waals surface area contributed by atoms with Crippen LogP contribution in [0.3, 0.4) is 0 Å². The summed E-state index contributed by atoms with van der Waals surface area (Å²) in [4.78, 5) is 0. The summed E-state index contributed by atoms with van der Waals surface area (Å²) < 4.78 is 6.39. The molecule has 3 heteroatoms. The van der Waals surface area contributed by atoms with Gasteiger partial charge in [0.05, 0.1) is 11.6 Å². The van der Waals surface area contributed by atoms with Crippen LogP contribution in [0.2, 0.25) is 0 Å². The van der Waals surface area contributed by atoms with Crippen molar-refractivity contribution in [3.63, 3.8) is 0 Å². The standard InChI is InChI=1S/C13H18BrNO/c1-9(2)11-7-10(5-4-6-15)8-12(14)13(11)16-3/h4-5,7-9H,6,15H2,1-3H3/b5-4+. The van der Waals surface area contributed by atoms with E-state index in [1.807, 2.05) is 18.2 Å². The predicted molar refractivity (Wildman–Crippen MR) is 72.9 cm³/mol. The minimum Gasteiger partial charge on any atom is -0.495 e. The molecule has 88 valence electrons. The van der Waals surface area contributed by atoms with E-state index in [0.29, 0.717) is 12.5 Å². The lowest BCUT2D eigenvalue weighted by Crippen LogP contribution is -1.97. The average Bonchev–Trinajstić information content (AvgIpc) is 2.25. The van der Waals surface area contributed by atoms with Gasteiger partial charge >= 0.3 is 0 Å². The van der Waals surface area contributed by atoms with E-state index in [2.05, 4.69) is 35.8 Å². The molecule has 16 heavy (non-hydrogen) atoms. The van der Waals surface area contributed by atoms with Gasteiger partial charge in [0.2, 0.25) is 0 Å². The van der Waals surface area contributed by atoms with Crippen molar-refractivity contribution in [3.8, 4) is 5.75 Å². The van der Waals surface area contributed by atoms with E-state index in [0.717, 1.165) is 15.8 Å². The highest BCUT2D eigenvalue weighted by Gasteiger charge is 2.11. The van der Waals surface area contributed by atoms with Crippen molar-refractivity contribution in [2.24, 2.45) is 5.73 Å². The van der Waals surface area contributed by atoms with Crippen LogP contribution in [0.25, 0.3) is 6.08 Å². The Morgan fingerprint density at radius 3 is 2.62 bits per heavy atom. The second-order valence-corrected chi connectivity index (χ2v) is 4.77. The largest absolute Gasteiger partial charge is 0.495 e. The summed E-state index contributed by atoms with van der Waals surface area (Å²) in [6.07, 6.45) is 3.97. The van der Waals surface area contributed by atoms with Crippen molar-refractivity contribution < 1.29 is 4.74 Å². The molecule has 0 spiro atoms. The fraction of sp³-hybridized carbons (Fsp3) is 0.385. The zero-order chi connectivity index (χ0) is 12.1. The quantitative estimate of drug-likeness (QED) is 0.917. The van der Waals surface area contributed by atoms with Crippen LogP contribution in [-0.4, -0.2) is 13.7 Å². The van der Waals surface area contributed by atoms with Gasteiger partial charge in [-0.1, -0.05) is 26.0 Å². The van der Waals surface area contributed by atoms with Gasteiger partial charge in [-0.2, -0.15) is 0 Å². The van der Waals surface area contributed by atoms with Crippen molar-refractivity contribution >= 4 is 22.0 Å². The average molecular weight is 284 g/mol. The highest BCUT2D eigenvalue weighted by molar-refractivity contribution is 9.10. The third kappa shape index (κ3) is 3.09. The maximum absolute atomic E-state index is 5.45. The molecule has 0 aliphatic rings. The van der Waals surface area contributed by atoms with E-state index in [-0.39, 0.29) is 0 Å². The summed E-state index contributed by atoms with van der Waals surface area (Å²) in [5.74, 6) is 1.34. The number of ether oxygens (including phenoxy) is 1. The number of hydrogen-bond donors (Lipinski definition) is 1. The van der Waals surface area contributed by atoms with Gasteiger partial charge < -0.3 is 10.5 Å². The van der Waals surface area contributed by atoms with E-state index in [4.69, 9.17) is 10.5 Å². The first-order valence-electron chi connectivity index (χ1n) is 5.34. The Labute approximate surface area is 106 Å². The molecule has 0 aliphatic heterocycles. The van der Waals surface area contributed by atoms with Crippen molar-refractivity contribution in [1.82, 2.24) is 0 Å². The maximum Gasteiger partial charge on any atom is 0.136 e. The number of nitrogens with two attached hydrogens (primary N) is 1. The van der Waals surface area contributed by atoms with Crippen LogP contribution in [0.5, 0.6) is 5.75 Å². The lowest BCUT2D eigenvalue weighted by molar-refractivity contribution is 0.405. The summed E-state index contributed by atoms with van der Waals surface area (Å²) in [7, 11) is 1.70. The molecule has 1 aromatic rings. The van der Waals surface area contributed by atoms with Gasteiger partial charge in [0.15, 0.2) is 0 Å². The molecule has 2 N–H and O–H groups in total. The zero-order valence-corrected chi connectivity index (χ0v) is 11.5. The molecule has 0 saturated carbocycles. The topological polar surface area (TPSA) is 35.2 Å². The van der Waals surface area contributed by atoms with Gasteiger partial charge in [-0.3, -0.25) is 0 Å². The van der Waals surface area contributed by atoms with E-state index < -0.39 is 0 Å². The molecule has 0 fully saturated rings. The number of benzene rings is 1. The Hall–Kier alpha value is -0.800. The highest BCUT2D eigenvalue weighted by atomic mass is 79.9. The lowest BCUT2D eigenvalue weighted by Gasteiger charge is -2.14. The first-order valence-corrected chi connectivity index (χ1v) is 6.13. The van der Waals surface area contributed by atoms with Crippen LogP contribution in [0.1, 0.15) is 30.9 Å². The zero-order valence-electron chi connectivity index (χ0n) is 9.96. The van der Waals surface area contributed by atoms with Crippen LogP contribution in [0.15, 0.2) is 22.7 Å². The number of halogens is 1. The monoisotopic (exact) mass is 283 g/mol. The Morgan fingerprint density at radius 2 is 2.12 bits per heavy atom. The van der Waals surface area contributed by atoms with Gasteiger partial charge in [-0.05, 0) is 45.1 Å². The molecule has 1 rings (SSSR count). The molecule has 0 aromatic heterocycles. The molecule has 2 nitrogen and oxygen atoms in total. The Balaban J connectivity index is 3.22. The molecule has 0 bridgehead atoms. The van der Waals surface area contributed by atoms with Crippen LogP contribution < -0.4 is 10.5 Å². The minimum absolute atomic E-state index is 0.428. The van der Waals surface area contributed by atoms with Gasteiger partial charge in [0.25, 0.3) is 0 Å². The molecule has 0 aliphatic carbocycles. The lowest BCUT2D eigenvalue weighted by atomic mass is 9.99. The molecule has 1 aromatic carbocycles. The molecule has 0 saturated heterocycles. The highest BCUT2D eigenvalue weighted by Crippen LogP contribution is 2.35. The minimum atomic E-state index is 0.428. The predicted octanol–water partition coefficient (Wildman–Crippen LogP) is 3.55. The van der Waals surface area contributed by atoms with E-state index >= 15 is 0 Å². The molecular weight excluding hydrogens is 266 g/mol. The molecule has 0 atom stereocenters. The van der Waals surface area contributed by atoms with E-state index in [1.165, 1.54) is 5.56 Å². The molecule has 0 unspecified atom stereocenters. The third-order valence-electron chi connectivity index (χ3n) is 2.37. The van der Waals surface area contributed by atoms with Crippen LogP contribution in [0, 0.1) is 0 Å². The fourth-order valence-corrected chi connectivity index (χ4v) is 2.24. The summed E-state index contributed by atoms with van der Waals surface area (Å²) in [5, 5.41) is 0. The number of hydrogen-bond acceptors (Lipinski definition) is 2. The SMILES string of the molecule is COc1c(Br)cc(/C=C/CN)cc1C(C)C. The fourth-order valence-electron chi connectivity index (χ4n) is 1.58. The van der Waals surface area contributed by atoms with Crippen molar-refractivity contribution in [2.45, 2.75) is 19.8 Å². The third-order valence-corrected chi connectivity index (χ3v) is 2.96. The normalized spacial score (nSPS) is 11.4. The summed E-state index contributed by atoms with van der Waals surface area (Å²) >= 11 is 3.53. The second kappa shape index (κ2) is 6.06. The Morgan fingerprint density at radius 1 is 1.44 bits per heavy atom. The van der Waals surface area contributed by atoms with Gasteiger partial charge in [-0.15, -0.1) is 0 Å². The first-order chi connectivity index (χ1) is 7.60. The summed E-state index contributed by atoms with van der Waals surface area (Å²) in [6.45, 7) is 4.86. The van der Waals surface area contributed by atoms with Crippen LogP contribution >= 0.6 is 15.9 Å². The van der Waals surface area contributed by atoms with Gasteiger partial charge in [0, 0.05) is 6.54 Å². The number of methoxy groups -OCH3 is 1. The van der Waals surface area contributed by atoms with Crippen molar-refractivity contribution in [3.05, 3.63) is 33.8 Å². The van der Waals surface area contributed by atoms with E-state index in [1.54, 1.807) is 7.11 Å². The molecule has 0 amide bonds. The summed E-state index contributed by atoms with van der Waals surface area (Å²) in [5.41, 5.74) is 7.79.